The molecule has 4 aliphatic heterocycles. The maximum absolute atomic E-state index is 14.6. The van der Waals surface area contributed by atoms with E-state index in [-0.39, 0.29) is 54.1 Å². The number of aromatic nitrogens is 4. The maximum Gasteiger partial charge on any atom is 0.407 e. The third-order valence-electron chi connectivity index (χ3n) is 13.3. The SMILES string of the molecule is COC(=O)N[C@H](C(=O)N1[C@@H](C)CC[C@H]1c1nc2c(ccc3cc4c(cc32)OCc2cc(-c3cnc([C@@H]5CC[C@H](C)N5C(=O)CC(C)C)[nH]3)ccc2-4)[nH]1)C1C[C@@H](C)O[C@@H](C)C1. The molecule has 3 N–H and O–H groups in total. The summed E-state index contributed by atoms with van der Waals surface area (Å²) in [4.78, 5) is 61.4. The first-order valence-electron chi connectivity index (χ1n) is 21.8. The normalized spacial score (nSPS) is 25.6. The van der Waals surface area contributed by atoms with E-state index in [2.05, 4.69) is 85.4 Å². The third-order valence-corrected chi connectivity index (χ3v) is 13.3. The Balaban J connectivity index is 0.981. The van der Waals surface area contributed by atoms with Crippen molar-refractivity contribution in [3.63, 3.8) is 0 Å². The van der Waals surface area contributed by atoms with Crippen LogP contribution >= 0.6 is 0 Å². The van der Waals surface area contributed by atoms with Crippen molar-refractivity contribution in [3.05, 3.63) is 65.9 Å². The van der Waals surface area contributed by atoms with E-state index in [4.69, 9.17) is 24.2 Å². The average Bonchev–Trinajstić information content (AvgIpc) is 4.03. The van der Waals surface area contributed by atoms with Crippen LogP contribution in [0.2, 0.25) is 0 Å². The lowest BCUT2D eigenvalue weighted by atomic mass is 9.85. The molecular formula is C47H57N7O6. The Bertz CT molecular complexity index is 2450. The molecule has 60 heavy (non-hydrogen) atoms. The van der Waals surface area contributed by atoms with Crippen LogP contribution in [0, 0.1) is 11.8 Å². The Morgan fingerprint density at radius 2 is 1.62 bits per heavy atom. The molecule has 3 saturated heterocycles. The Kier molecular flexibility index (Phi) is 10.6. The van der Waals surface area contributed by atoms with E-state index in [0.29, 0.717) is 31.8 Å². The molecule has 5 aromatic rings. The highest BCUT2D eigenvalue weighted by molar-refractivity contribution is 6.07. The fourth-order valence-corrected chi connectivity index (χ4v) is 10.5. The number of nitrogens with one attached hydrogen (secondary N) is 3. The van der Waals surface area contributed by atoms with E-state index in [9.17, 15) is 14.4 Å². The van der Waals surface area contributed by atoms with Gasteiger partial charge in [-0.2, -0.15) is 0 Å². The zero-order valence-electron chi connectivity index (χ0n) is 35.7. The number of amides is 3. The third kappa shape index (κ3) is 7.28. The Labute approximate surface area is 350 Å². The van der Waals surface area contributed by atoms with Crippen LogP contribution in [0.15, 0.2) is 48.7 Å². The second-order valence-corrected chi connectivity index (χ2v) is 18.1. The first kappa shape index (κ1) is 40.0. The fourth-order valence-electron chi connectivity index (χ4n) is 10.5. The van der Waals surface area contributed by atoms with Gasteiger partial charge in [0.15, 0.2) is 0 Å². The molecule has 316 valence electrons. The molecular weight excluding hydrogens is 759 g/mol. The van der Waals surface area contributed by atoms with Gasteiger partial charge in [0.1, 0.15) is 30.0 Å². The van der Waals surface area contributed by atoms with Crippen molar-refractivity contribution in [3.8, 4) is 28.1 Å². The molecule has 0 bridgehead atoms. The predicted molar refractivity (Wildman–Crippen MR) is 229 cm³/mol. The highest BCUT2D eigenvalue weighted by Gasteiger charge is 2.44. The van der Waals surface area contributed by atoms with Gasteiger partial charge >= 0.3 is 6.09 Å². The summed E-state index contributed by atoms with van der Waals surface area (Å²) in [5.41, 5.74) is 6.90. The summed E-state index contributed by atoms with van der Waals surface area (Å²) in [6.07, 6.45) is 6.54. The summed E-state index contributed by atoms with van der Waals surface area (Å²) in [5.74, 6) is 2.67. The van der Waals surface area contributed by atoms with E-state index >= 15 is 0 Å². The monoisotopic (exact) mass is 815 g/mol. The fraction of sp³-hybridized carbons (Fsp3) is 0.511. The average molecular weight is 816 g/mol. The van der Waals surface area contributed by atoms with E-state index in [0.717, 1.165) is 92.8 Å². The minimum Gasteiger partial charge on any atom is -0.488 e. The summed E-state index contributed by atoms with van der Waals surface area (Å²) in [6, 6.07) is 14.0. The number of H-pyrrole nitrogens is 2. The van der Waals surface area contributed by atoms with Crippen LogP contribution in [0.1, 0.15) is 116 Å². The molecule has 6 heterocycles. The molecule has 13 heteroatoms. The predicted octanol–water partition coefficient (Wildman–Crippen LogP) is 8.74. The minimum atomic E-state index is -0.739. The van der Waals surface area contributed by atoms with Crippen molar-refractivity contribution in [2.75, 3.05) is 7.11 Å². The van der Waals surface area contributed by atoms with Crippen LogP contribution in [0.3, 0.4) is 0 Å². The zero-order chi connectivity index (χ0) is 42.0. The number of imidazole rings is 2. The van der Waals surface area contributed by atoms with Gasteiger partial charge in [0.2, 0.25) is 11.8 Å². The van der Waals surface area contributed by atoms with Crippen molar-refractivity contribution in [1.82, 2.24) is 35.1 Å². The second kappa shape index (κ2) is 15.9. The van der Waals surface area contributed by atoms with Gasteiger partial charge in [-0.3, -0.25) is 9.59 Å². The number of methoxy groups -OCH3 is 1. The molecule has 8 atom stereocenters. The van der Waals surface area contributed by atoms with Crippen LogP contribution < -0.4 is 10.1 Å². The first-order valence-corrected chi connectivity index (χ1v) is 21.8. The van der Waals surface area contributed by atoms with Crippen LogP contribution in [-0.4, -0.2) is 85.1 Å². The maximum atomic E-state index is 14.6. The molecule has 3 fully saturated rings. The Hall–Kier alpha value is -5.43. The van der Waals surface area contributed by atoms with Crippen LogP contribution in [0.4, 0.5) is 4.79 Å². The molecule has 4 aliphatic rings. The number of aromatic amines is 2. The molecule has 1 unspecified atom stereocenters. The lowest BCUT2D eigenvalue weighted by molar-refractivity contribution is -0.140. The minimum absolute atomic E-state index is 0.0217. The number of hydrogen-bond acceptors (Lipinski definition) is 8. The van der Waals surface area contributed by atoms with Gasteiger partial charge < -0.3 is 39.3 Å². The van der Waals surface area contributed by atoms with Gasteiger partial charge in [-0.1, -0.05) is 32.0 Å². The number of alkyl carbamates (subject to hydrolysis) is 1. The summed E-state index contributed by atoms with van der Waals surface area (Å²) in [5, 5.41) is 4.91. The molecule has 0 spiro atoms. The van der Waals surface area contributed by atoms with Crippen molar-refractivity contribution >= 4 is 39.7 Å². The number of fused-ring (bicyclic) bond motifs is 6. The molecule has 3 amide bonds. The van der Waals surface area contributed by atoms with Crippen LogP contribution in [-0.2, 0) is 25.7 Å². The topological polar surface area (TPSA) is 155 Å². The number of likely N-dealkylation sites (tertiary alicyclic amines) is 2. The van der Waals surface area contributed by atoms with Crippen molar-refractivity contribution in [1.29, 1.82) is 0 Å². The summed E-state index contributed by atoms with van der Waals surface area (Å²) < 4.78 is 17.4. The highest BCUT2D eigenvalue weighted by atomic mass is 16.5. The smallest absolute Gasteiger partial charge is 0.407 e. The number of ether oxygens (including phenoxy) is 3. The number of carbonyl (C=O) groups excluding carboxylic acids is 3. The summed E-state index contributed by atoms with van der Waals surface area (Å²) >= 11 is 0. The van der Waals surface area contributed by atoms with Crippen LogP contribution in [0.5, 0.6) is 5.75 Å². The van der Waals surface area contributed by atoms with Gasteiger partial charge in [0, 0.05) is 29.5 Å². The van der Waals surface area contributed by atoms with Gasteiger partial charge in [-0.25, -0.2) is 14.8 Å². The number of benzene rings is 3. The van der Waals surface area contributed by atoms with E-state index in [1.54, 1.807) is 0 Å². The molecule has 0 saturated carbocycles. The van der Waals surface area contributed by atoms with Crippen LogP contribution in [0.25, 0.3) is 44.2 Å². The lowest BCUT2D eigenvalue weighted by Gasteiger charge is -2.39. The Morgan fingerprint density at radius 3 is 2.35 bits per heavy atom. The molecule has 0 aliphatic carbocycles. The summed E-state index contributed by atoms with van der Waals surface area (Å²) in [7, 11) is 1.32. The van der Waals surface area contributed by atoms with Gasteiger partial charge in [-0.15, -0.1) is 0 Å². The number of nitrogens with zero attached hydrogens (tertiary/aromatic N) is 4. The number of rotatable bonds is 8. The van der Waals surface area contributed by atoms with Crippen molar-refractivity contribution in [2.45, 2.75) is 136 Å². The van der Waals surface area contributed by atoms with Gasteiger partial charge in [0.05, 0.1) is 54.3 Å². The lowest BCUT2D eigenvalue weighted by Crippen LogP contribution is -2.55. The first-order chi connectivity index (χ1) is 28.9. The van der Waals surface area contributed by atoms with E-state index in [1.807, 2.05) is 29.8 Å². The summed E-state index contributed by atoms with van der Waals surface area (Å²) in [6.45, 7) is 12.8. The van der Waals surface area contributed by atoms with E-state index < -0.39 is 12.1 Å². The van der Waals surface area contributed by atoms with E-state index in [1.165, 1.54) is 7.11 Å². The Morgan fingerprint density at radius 1 is 0.883 bits per heavy atom. The quantitative estimate of drug-likeness (QED) is 0.141. The second-order valence-electron chi connectivity index (χ2n) is 18.1. The zero-order valence-corrected chi connectivity index (χ0v) is 35.7. The van der Waals surface area contributed by atoms with Gasteiger partial charge in [0.25, 0.3) is 0 Å². The largest absolute Gasteiger partial charge is 0.488 e. The van der Waals surface area contributed by atoms with Crippen molar-refractivity contribution < 1.29 is 28.6 Å². The molecule has 0 radical (unpaired) electrons. The molecule has 9 rings (SSSR count). The number of hydrogen-bond donors (Lipinski definition) is 3. The molecule has 13 nitrogen and oxygen atoms in total. The molecule has 2 aromatic heterocycles. The molecule has 3 aromatic carbocycles. The standard InChI is InChI=1S/C47H57N7O6/c1-24(2)16-41(55)53-25(3)8-14-38(53)44-48-22-37(50-44)30-10-12-33-32(19-30)23-59-40-21-34-29(20-35(33)40)11-13-36-43(34)51-45(49-36)39-15-9-26(4)54(39)46(56)42(52-47(57)58-7)31-17-27(5)60-28(6)18-31/h10-13,19-22,24-28,31,38-39,42H,8-9,14-18,23H2,1-7H3,(H,48,50)(H,49,51)(H,52,57)/t25-,26-,27-,28+,31?,38-,39-,42-/m0/s1. The highest BCUT2D eigenvalue weighted by Crippen LogP contribution is 2.44. The number of carbonyl (C=O) groups is 3. The van der Waals surface area contributed by atoms with Crippen molar-refractivity contribution in [2.24, 2.45) is 11.8 Å². The van der Waals surface area contributed by atoms with Gasteiger partial charge in [-0.05, 0) is 124 Å².